The highest BCUT2D eigenvalue weighted by molar-refractivity contribution is 7.12. The van der Waals surface area contributed by atoms with E-state index in [9.17, 15) is 9.59 Å². The van der Waals surface area contributed by atoms with Crippen molar-refractivity contribution in [2.45, 2.75) is 13.0 Å². The van der Waals surface area contributed by atoms with Crippen molar-refractivity contribution in [3.8, 4) is 11.8 Å². The molecule has 19 heavy (non-hydrogen) atoms. The molecule has 1 saturated heterocycles. The smallest absolute Gasteiger partial charge is 0.255 e. The van der Waals surface area contributed by atoms with Gasteiger partial charge in [0.05, 0.1) is 18.0 Å². The fourth-order valence-corrected chi connectivity index (χ4v) is 2.46. The van der Waals surface area contributed by atoms with E-state index in [0.29, 0.717) is 6.42 Å². The second-order valence-electron chi connectivity index (χ2n) is 3.91. The number of nitrogens with zero attached hydrogens (tertiary/aromatic N) is 1. The molecule has 0 spiro atoms. The summed E-state index contributed by atoms with van der Waals surface area (Å²) in [6.07, 6.45) is 0.438. The number of amides is 2. The Bertz CT molecular complexity index is 524. The van der Waals surface area contributed by atoms with Crippen molar-refractivity contribution in [3.63, 3.8) is 0 Å². The highest BCUT2D eigenvalue weighted by Crippen LogP contribution is 2.18. The number of hydrogen-bond donors (Lipinski definition) is 1. The molecule has 1 aliphatic rings. The topological polar surface area (TPSA) is 66.8 Å². The molecular weight excluding hydrogens is 266 g/mol. The average Bonchev–Trinajstić information content (AvgIpc) is 2.82. The quantitative estimate of drug-likeness (QED) is 0.641. The lowest BCUT2D eigenvalue weighted by Gasteiger charge is -2.24. The summed E-state index contributed by atoms with van der Waals surface area (Å²) in [5, 5.41) is 8.63. The van der Waals surface area contributed by atoms with E-state index >= 15 is 0 Å². The maximum Gasteiger partial charge on any atom is 0.255 e. The van der Waals surface area contributed by atoms with Crippen molar-refractivity contribution < 1.29 is 19.4 Å². The molecule has 2 amide bonds. The Balaban J connectivity index is 2.01. The molecule has 5 nitrogen and oxygen atoms in total. The minimum absolute atomic E-state index is 0.0414. The van der Waals surface area contributed by atoms with Crippen LogP contribution >= 0.6 is 11.3 Å². The molecule has 100 valence electrons. The molecule has 0 radical (unpaired) electrons. The second kappa shape index (κ2) is 6.48. The number of aliphatic hydroxyl groups excluding tert-OH is 1. The molecule has 1 N–H and O–H groups in total. The van der Waals surface area contributed by atoms with Crippen LogP contribution in [0.5, 0.6) is 0 Å². The largest absolute Gasteiger partial charge is 0.395 e. The summed E-state index contributed by atoms with van der Waals surface area (Å²) >= 11 is 1.44. The van der Waals surface area contributed by atoms with E-state index in [4.69, 9.17) is 9.84 Å². The predicted molar refractivity (Wildman–Crippen MR) is 69.3 cm³/mol. The Labute approximate surface area is 114 Å². The van der Waals surface area contributed by atoms with Gasteiger partial charge >= 0.3 is 0 Å². The second-order valence-corrected chi connectivity index (χ2v) is 5.08. The summed E-state index contributed by atoms with van der Waals surface area (Å²) in [5.74, 6) is 5.13. The summed E-state index contributed by atoms with van der Waals surface area (Å²) in [5.41, 5.74) is 0. The number of hydrogen-bond acceptors (Lipinski definition) is 5. The number of carbonyl (C=O) groups is 2. The van der Waals surface area contributed by atoms with Gasteiger partial charge in [-0.05, 0) is 12.1 Å². The van der Waals surface area contributed by atoms with Crippen molar-refractivity contribution in [2.24, 2.45) is 0 Å². The average molecular weight is 279 g/mol. The van der Waals surface area contributed by atoms with Gasteiger partial charge in [-0.25, -0.2) is 0 Å². The number of morpholine rings is 1. The molecule has 2 rings (SSSR count). The van der Waals surface area contributed by atoms with Crippen LogP contribution in [0.4, 0.5) is 0 Å². The Morgan fingerprint density at radius 3 is 2.74 bits per heavy atom. The summed E-state index contributed by atoms with van der Waals surface area (Å²) in [6.45, 7) is 0.232. The lowest BCUT2D eigenvalue weighted by Crippen LogP contribution is -2.45. The number of aliphatic hydroxyl groups is 1. The van der Waals surface area contributed by atoms with Crippen molar-refractivity contribution in [1.82, 2.24) is 4.90 Å². The Kier molecular flexibility index (Phi) is 4.68. The normalized spacial score (nSPS) is 15.3. The van der Waals surface area contributed by atoms with E-state index in [1.165, 1.54) is 16.2 Å². The molecule has 1 fully saturated rings. The summed E-state index contributed by atoms with van der Waals surface area (Å²) in [6, 6.07) is 3.70. The maximum atomic E-state index is 11.6. The molecule has 1 aliphatic heterocycles. The molecule has 0 aliphatic carbocycles. The Morgan fingerprint density at radius 1 is 1.32 bits per heavy atom. The molecule has 0 atom stereocenters. The van der Waals surface area contributed by atoms with Crippen molar-refractivity contribution >= 4 is 23.2 Å². The zero-order valence-electron chi connectivity index (χ0n) is 10.2. The first-order chi connectivity index (χ1) is 9.20. The van der Waals surface area contributed by atoms with Crippen molar-refractivity contribution in [3.05, 3.63) is 21.9 Å². The summed E-state index contributed by atoms with van der Waals surface area (Å²) < 4.78 is 4.85. The molecule has 0 bridgehead atoms. The van der Waals surface area contributed by atoms with E-state index in [1.807, 2.05) is 12.1 Å². The number of thiophene rings is 1. The van der Waals surface area contributed by atoms with E-state index in [2.05, 4.69) is 11.8 Å². The Morgan fingerprint density at radius 2 is 2.05 bits per heavy atom. The van der Waals surface area contributed by atoms with Gasteiger partial charge in [0.2, 0.25) is 0 Å². The van der Waals surface area contributed by atoms with E-state index in [1.54, 1.807) is 0 Å². The minimum atomic E-state index is -0.308. The minimum Gasteiger partial charge on any atom is -0.395 e. The lowest BCUT2D eigenvalue weighted by molar-refractivity contribution is -0.159. The molecule has 2 heterocycles. The third-order valence-corrected chi connectivity index (χ3v) is 3.46. The van der Waals surface area contributed by atoms with Gasteiger partial charge in [0.25, 0.3) is 11.8 Å². The van der Waals surface area contributed by atoms with Crippen molar-refractivity contribution in [1.29, 1.82) is 0 Å². The van der Waals surface area contributed by atoms with E-state index in [-0.39, 0.29) is 38.2 Å². The number of rotatable bonds is 3. The lowest BCUT2D eigenvalue weighted by atomic mass is 10.3. The van der Waals surface area contributed by atoms with Crippen LogP contribution in [0.1, 0.15) is 16.2 Å². The van der Waals surface area contributed by atoms with Gasteiger partial charge < -0.3 is 9.84 Å². The predicted octanol–water partition coefficient (Wildman–Crippen LogP) is 0.367. The highest BCUT2D eigenvalue weighted by Gasteiger charge is 2.26. The molecule has 1 aromatic heterocycles. The molecule has 6 heteroatoms. The number of ether oxygens (including phenoxy) is 1. The molecule has 0 saturated carbocycles. The van der Waals surface area contributed by atoms with Gasteiger partial charge in [-0.15, -0.1) is 11.3 Å². The zero-order chi connectivity index (χ0) is 13.7. The first-order valence-corrected chi connectivity index (χ1v) is 6.61. The number of imide groups is 1. The van der Waals surface area contributed by atoms with E-state index < -0.39 is 0 Å². The van der Waals surface area contributed by atoms with Gasteiger partial charge in [-0.3, -0.25) is 14.5 Å². The van der Waals surface area contributed by atoms with Crippen LogP contribution < -0.4 is 0 Å². The van der Waals surface area contributed by atoms with Crippen LogP contribution in [0, 0.1) is 11.8 Å². The van der Waals surface area contributed by atoms with Gasteiger partial charge in [-0.2, -0.15) is 0 Å². The highest BCUT2D eigenvalue weighted by atomic mass is 32.1. The van der Waals surface area contributed by atoms with Gasteiger partial charge in [-0.1, -0.05) is 11.8 Å². The molecule has 0 unspecified atom stereocenters. The third kappa shape index (κ3) is 3.64. The zero-order valence-corrected chi connectivity index (χ0v) is 11.0. The maximum absolute atomic E-state index is 11.6. The van der Waals surface area contributed by atoms with Gasteiger partial charge in [0, 0.05) is 11.3 Å². The monoisotopic (exact) mass is 279 g/mol. The fourth-order valence-electron chi connectivity index (χ4n) is 1.59. The third-order valence-electron chi connectivity index (χ3n) is 2.48. The summed E-state index contributed by atoms with van der Waals surface area (Å²) in [7, 11) is 0. The SMILES string of the molecule is O=C1COCC(=O)N1Cc1ccc(C#CCCO)s1. The number of carbonyl (C=O) groups excluding carboxylic acids is 2. The molecule has 0 aromatic carbocycles. The summed E-state index contributed by atoms with van der Waals surface area (Å²) in [4.78, 5) is 26.1. The van der Waals surface area contributed by atoms with E-state index in [0.717, 1.165) is 9.75 Å². The first-order valence-electron chi connectivity index (χ1n) is 5.80. The van der Waals surface area contributed by atoms with Crippen molar-refractivity contribution in [2.75, 3.05) is 19.8 Å². The molecule has 1 aromatic rings. The van der Waals surface area contributed by atoms with Crippen LogP contribution in [0.25, 0.3) is 0 Å². The standard InChI is InChI=1S/C13H13NO4S/c15-6-2-1-3-10-4-5-11(19-10)7-14-12(16)8-18-9-13(14)17/h4-5,15H,2,6-9H2. The van der Waals surface area contributed by atoms with Crippen LogP contribution in [0.15, 0.2) is 12.1 Å². The van der Waals surface area contributed by atoms with Crippen LogP contribution in [-0.2, 0) is 20.9 Å². The van der Waals surface area contributed by atoms with Crippen LogP contribution in [-0.4, -0.2) is 41.6 Å². The van der Waals surface area contributed by atoms with Crippen LogP contribution in [0.3, 0.4) is 0 Å². The van der Waals surface area contributed by atoms with Crippen LogP contribution in [0.2, 0.25) is 0 Å². The molecular formula is C13H13NO4S. The van der Waals surface area contributed by atoms with Gasteiger partial charge in [0.15, 0.2) is 0 Å². The first kappa shape index (κ1) is 13.7. The van der Waals surface area contributed by atoms with Gasteiger partial charge in [0.1, 0.15) is 13.2 Å². The fraction of sp³-hybridized carbons (Fsp3) is 0.385. The Hall–Kier alpha value is -1.68.